The minimum atomic E-state index is -0.657. The van der Waals surface area contributed by atoms with Crippen LogP contribution in [0.25, 0.3) is 0 Å². The molecule has 2 aliphatic heterocycles. The van der Waals surface area contributed by atoms with Crippen LogP contribution in [0.15, 0.2) is 0 Å². The SMILES string of the molecule is O=C(O)C(CN1CCSCC1)N1CCSCC1. The Morgan fingerprint density at radius 2 is 1.59 bits per heavy atom. The Labute approximate surface area is 111 Å². The first-order valence-electron chi connectivity index (χ1n) is 6.12. The zero-order valence-corrected chi connectivity index (χ0v) is 11.6. The van der Waals surface area contributed by atoms with Gasteiger partial charge in [0.1, 0.15) is 6.04 Å². The van der Waals surface area contributed by atoms with Crippen molar-refractivity contribution in [2.75, 3.05) is 55.7 Å². The van der Waals surface area contributed by atoms with Gasteiger partial charge in [0.25, 0.3) is 0 Å². The second kappa shape index (κ2) is 6.87. The van der Waals surface area contributed by atoms with E-state index in [4.69, 9.17) is 0 Å². The number of hydrogen-bond donors (Lipinski definition) is 1. The largest absolute Gasteiger partial charge is 0.480 e. The maximum Gasteiger partial charge on any atom is 0.322 e. The molecular formula is C11H20N2O2S2. The Bertz CT molecular complexity index is 254. The zero-order chi connectivity index (χ0) is 12.1. The molecule has 17 heavy (non-hydrogen) atoms. The normalized spacial score (nSPS) is 25.6. The first kappa shape index (κ1) is 13.5. The van der Waals surface area contributed by atoms with E-state index in [0.717, 1.165) is 49.2 Å². The molecule has 0 saturated carbocycles. The average Bonchev–Trinajstić information content (AvgIpc) is 2.38. The molecule has 6 heteroatoms. The van der Waals surface area contributed by atoms with Crippen molar-refractivity contribution < 1.29 is 9.90 Å². The number of aliphatic carboxylic acids is 1. The van der Waals surface area contributed by atoms with Crippen LogP contribution in [0.5, 0.6) is 0 Å². The van der Waals surface area contributed by atoms with E-state index in [-0.39, 0.29) is 6.04 Å². The molecule has 0 radical (unpaired) electrons. The smallest absolute Gasteiger partial charge is 0.322 e. The van der Waals surface area contributed by atoms with Gasteiger partial charge in [-0.2, -0.15) is 23.5 Å². The molecular weight excluding hydrogens is 256 g/mol. The number of nitrogens with zero attached hydrogens (tertiary/aromatic N) is 2. The number of carboxylic acids is 1. The van der Waals surface area contributed by atoms with Gasteiger partial charge in [0.2, 0.25) is 0 Å². The molecule has 0 aromatic heterocycles. The summed E-state index contributed by atoms with van der Waals surface area (Å²) in [5.41, 5.74) is 0. The number of carboxylic acid groups (broad SMARTS) is 1. The standard InChI is InChI=1S/C11H20N2O2S2/c14-11(15)10(13-3-7-17-8-4-13)9-12-1-5-16-6-2-12/h10H,1-9H2,(H,14,15). The lowest BCUT2D eigenvalue weighted by Crippen LogP contribution is -2.52. The topological polar surface area (TPSA) is 43.8 Å². The van der Waals surface area contributed by atoms with Crippen molar-refractivity contribution in [1.29, 1.82) is 0 Å². The molecule has 2 aliphatic rings. The van der Waals surface area contributed by atoms with Gasteiger partial charge in [0.15, 0.2) is 0 Å². The van der Waals surface area contributed by atoms with Crippen LogP contribution in [0.3, 0.4) is 0 Å². The van der Waals surface area contributed by atoms with Crippen molar-refractivity contribution in [3.05, 3.63) is 0 Å². The van der Waals surface area contributed by atoms with Crippen molar-refractivity contribution in [2.24, 2.45) is 0 Å². The molecule has 0 bridgehead atoms. The Hall–Kier alpha value is 0.0900. The Morgan fingerprint density at radius 3 is 2.12 bits per heavy atom. The summed E-state index contributed by atoms with van der Waals surface area (Å²) in [5, 5.41) is 9.38. The van der Waals surface area contributed by atoms with Gasteiger partial charge in [0.05, 0.1) is 0 Å². The first-order valence-corrected chi connectivity index (χ1v) is 8.43. The summed E-state index contributed by atoms with van der Waals surface area (Å²) in [7, 11) is 0. The van der Waals surface area contributed by atoms with Crippen molar-refractivity contribution in [3.63, 3.8) is 0 Å². The molecule has 2 saturated heterocycles. The molecule has 0 spiro atoms. The monoisotopic (exact) mass is 276 g/mol. The highest BCUT2D eigenvalue weighted by atomic mass is 32.2. The van der Waals surface area contributed by atoms with Crippen LogP contribution in [-0.2, 0) is 4.79 Å². The number of hydrogen-bond acceptors (Lipinski definition) is 5. The summed E-state index contributed by atoms with van der Waals surface area (Å²) in [5.74, 6) is 3.76. The first-order chi connectivity index (χ1) is 8.27. The second-order valence-electron chi connectivity index (χ2n) is 4.42. The summed E-state index contributed by atoms with van der Waals surface area (Å²) in [6, 6.07) is -0.306. The van der Waals surface area contributed by atoms with Crippen LogP contribution in [0, 0.1) is 0 Å². The number of thioether (sulfide) groups is 2. The molecule has 2 heterocycles. The lowest BCUT2D eigenvalue weighted by Gasteiger charge is -2.36. The zero-order valence-electron chi connectivity index (χ0n) is 10.0. The Kier molecular flexibility index (Phi) is 5.47. The predicted molar refractivity (Wildman–Crippen MR) is 74.1 cm³/mol. The van der Waals surface area contributed by atoms with Crippen LogP contribution in [0.4, 0.5) is 0 Å². The third-order valence-electron chi connectivity index (χ3n) is 3.31. The van der Waals surface area contributed by atoms with Crippen LogP contribution in [0.1, 0.15) is 0 Å². The molecule has 0 aromatic carbocycles. The summed E-state index contributed by atoms with van der Waals surface area (Å²) in [6.07, 6.45) is 0. The fraction of sp³-hybridized carbons (Fsp3) is 0.909. The van der Waals surface area contributed by atoms with Gasteiger partial charge >= 0.3 is 5.97 Å². The van der Waals surface area contributed by atoms with Crippen molar-refractivity contribution in [1.82, 2.24) is 9.80 Å². The molecule has 2 rings (SSSR count). The van der Waals surface area contributed by atoms with Gasteiger partial charge in [0, 0.05) is 55.7 Å². The van der Waals surface area contributed by atoms with E-state index in [1.807, 2.05) is 23.5 Å². The van der Waals surface area contributed by atoms with Crippen LogP contribution in [0.2, 0.25) is 0 Å². The minimum Gasteiger partial charge on any atom is -0.480 e. The van der Waals surface area contributed by atoms with E-state index >= 15 is 0 Å². The molecule has 98 valence electrons. The lowest BCUT2D eigenvalue weighted by molar-refractivity contribution is -0.144. The Morgan fingerprint density at radius 1 is 1.06 bits per heavy atom. The molecule has 2 fully saturated rings. The summed E-state index contributed by atoms with van der Waals surface area (Å²) in [4.78, 5) is 15.8. The maximum absolute atomic E-state index is 11.4. The highest BCUT2D eigenvalue weighted by Crippen LogP contribution is 2.15. The summed E-state index contributed by atoms with van der Waals surface area (Å²) < 4.78 is 0. The Balaban J connectivity index is 1.88. The van der Waals surface area contributed by atoms with Gasteiger partial charge in [-0.15, -0.1) is 0 Å². The quantitative estimate of drug-likeness (QED) is 0.808. The third-order valence-corrected chi connectivity index (χ3v) is 5.19. The van der Waals surface area contributed by atoms with Gasteiger partial charge in [-0.25, -0.2) is 0 Å². The van der Waals surface area contributed by atoms with E-state index < -0.39 is 5.97 Å². The molecule has 4 nitrogen and oxygen atoms in total. The lowest BCUT2D eigenvalue weighted by atomic mass is 10.2. The van der Waals surface area contributed by atoms with E-state index in [0.29, 0.717) is 6.54 Å². The maximum atomic E-state index is 11.4. The summed E-state index contributed by atoms with van der Waals surface area (Å²) in [6.45, 7) is 4.61. The molecule has 1 unspecified atom stereocenters. The van der Waals surface area contributed by atoms with E-state index in [2.05, 4.69) is 9.80 Å². The van der Waals surface area contributed by atoms with Crippen LogP contribution >= 0.6 is 23.5 Å². The van der Waals surface area contributed by atoms with Crippen molar-refractivity contribution in [3.8, 4) is 0 Å². The fourth-order valence-corrected chi connectivity index (χ4v) is 4.18. The molecule has 0 aromatic rings. The van der Waals surface area contributed by atoms with E-state index in [9.17, 15) is 9.90 Å². The predicted octanol–water partition coefficient (Wildman–Crippen LogP) is 0.537. The molecule has 1 N–H and O–H groups in total. The molecule has 0 aliphatic carbocycles. The fourth-order valence-electron chi connectivity index (χ4n) is 2.27. The average molecular weight is 276 g/mol. The van der Waals surface area contributed by atoms with Gasteiger partial charge in [-0.3, -0.25) is 14.6 Å². The van der Waals surface area contributed by atoms with E-state index in [1.54, 1.807) is 0 Å². The van der Waals surface area contributed by atoms with Gasteiger partial charge in [-0.1, -0.05) is 0 Å². The van der Waals surface area contributed by atoms with Crippen molar-refractivity contribution in [2.45, 2.75) is 6.04 Å². The highest BCUT2D eigenvalue weighted by Gasteiger charge is 2.29. The molecule has 0 amide bonds. The van der Waals surface area contributed by atoms with Gasteiger partial charge < -0.3 is 5.11 Å². The number of carbonyl (C=O) groups is 1. The third kappa shape index (κ3) is 4.05. The molecule has 1 atom stereocenters. The van der Waals surface area contributed by atoms with Crippen molar-refractivity contribution >= 4 is 29.5 Å². The second-order valence-corrected chi connectivity index (χ2v) is 6.86. The highest BCUT2D eigenvalue weighted by molar-refractivity contribution is 7.99. The summed E-state index contributed by atoms with van der Waals surface area (Å²) >= 11 is 3.89. The van der Waals surface area contributed by atoms with E-state index in [1.165, 1.54) is 0 Å². The van der Waals surface area contributed by atoms with Crippen LogP contribution in [-0.4, -0.2) is 82.7 Å². The minimum absolute atomic E-state index is 0.306. The van der Waals surface area contributed by atoms with Crippen LogP contribution < -0.4 is 0 Å². The van der Waals surface area contributed by atoms with Gasteiger partial charge in [-0.05, 0) is 0 Å². The number of rotatable bonds is 4.